The molecule has 1 N–H and O–H groups in total. The topological polar surface area (TPSA) is 59.8 Å². The molecule has 1 unspecified atom stereocenters. The number of hydrogen-bond donors (Lipinski definition) is 1. The zero-order valence-electron chi connectivity index (χ0n) is 21.2. The van der Waals surface area contributed by atoms with Crippen LogP contribution in [0.15, 0.2) is 47.0 Å². The summed E-state index contributed by atoms with van der Waals surface area (Å²) in [5.74, 6) is -2.96. The van der Waals surface area contributed by atoms with Crippen LogP contribution in [0.4, 0.5) is 30.7 Å². The van der Waals surface area contributed by atoms with Gasteiger partial charge < -0.3 is 5.32 Å². The Morgan fingerprint density at radius 1 is 1.24 bits per heavy atom. The number of alkyl halides is 5. The van der Waals surface area contributed by atoms with Crippen molar-refractivity contribution in [2.75, 3.05) is 0 Å². The minimum absolute atomic E-state index is 0.0858. The summed E-state index contributed by atoms with van der Waals surface area (Å²) in [4.78, 5) is 17.6. The molecule has 0 spiro atoms. The number of aromatic nitrogens is 3. The van der Waals surface area contributed by atoms with E-state index < -0.39 is 71.0 Å². The van der Waals surface area contributed by atoms with Crippen molar-refractivity contribution in [2.24, 2.45) is 5.92 Å². The van der Waals surface area contributed by atoms with Crippen LogP contribution in [0.25, 0.3) is 0 Å². The largest absolute Gasteiger partial charge is 0.435 e. The number of nitrogens with zero attached hydrogens (tertiary/aromatic N) is 3. The van der Waals surface area contributed by atoms with Gasteiger partial charge in [-0.25, -0.2) is 13.8 Å². The maximum Gasteiger partial charge on any atom is 0.435 e. The zero-order valence-corrected chi connectivity index (χ0v) is 22.8. The van der Waals surface area contributed by atoms with Crippen LogP contribution in [0.3, 0.4) is 0 Å². The lowest BCUT2D eigenvalue weighted by Gasteiger charge is -2.21. The maximum absolute atomic E-state index is 14.9. The lowest BCUT2D eigenvalue weighted by molar-refractivity contribution is -0.142. The van der Waals surface area contributed by atoms with Gasteiger partial charge in [-0.3, -0.25) is 9.48 Å². The molecule has 214 valence electrons. The number of rotatable bonds is 6. The molecule has 13 heteroatoms. The Labute approximate surface area is 238 Å². The normalized spacial score (nSPS) is 19.0. The third-order valence-corrected chi connectivity index (χ3v) is 7.47. The number of pyridine rings is 1. The fraction of sp³-hybridized carbons (Fsp3) is 0.321. The predicted octanol–water partition coefficient (Wildman–Crippen LogP) is 6.57. The second kappa shape index (κ2) is 10.3. The van der Waals surface area contributed by atoms with Gasteiger partial charge in [-0.15, -0.1) is 0 Å². The van der Waals surface area contributed by atoms with Crippen molar-refractivity contribution in [1.82, 2.24) is 20.1 Å². The molecule has 2 aliphatic carbocycles. The molecule has 1 fully saturated rings. The average Bonchev–Trinajstić information content (AvgIpc) is 3.50. The average molecular weight is 641 g/mol. The van der Waals surface area contributed by atoms with Crippen molar-refractivity contribution in [3.8, 4) is 11.8 Å². The van der Waals surface area contributed by atoms with Gasteiger partial charge in [-0.05, 0) is 82.9 Å². The molecule has 41 heavy (non-hydrogen) atoms. The van der Waals surface area contributed by atoms with Crippen LogP contribution in [-0.4, -0.2) is 20.7 Å². The van der Waals surface area contributed by atoms with Gasteiger partial charge >= 0.3 is 6.18 Å². The fourth-order valence-corrected chi connectivity index (χ4v) is 5.59. The summed E-state index contributed by atoms with van der Waals surface area (Å²) in [6, 6.07) is 4.82. The van der Waals surface area contributed by atoms with E-state index in [4.69, 9.17) is 0 Å². The van der Waals surface area contributed by atoms with Gasteiger partial charge in [-0.2, -0.15) is 27.1 Å². The Kier molecular flexibility index (Phi) is 7.26. The van der Waals surface area contributed by atoms with Crippen LogP contribution in [-0.2, 0) is 29.9 Å². The van der Waals surface area contributed by atoms with Crippen molar-refractivity contribution in [3.63, 3.8) is 0 Å². The van der Waals surface area contributed by atoms with E-state index in [1.54, 1.807) is 19.1 Å². The highest BCUT2D eigenvalue weighted by Crippen LogP contribution is 2.68. The Morgan fingerprint density at radius 2 is 1.93 bits per heavy atom. The number of halogens is 8. The summed E-state index contributed by atoms with van der Waals surface area (Å²) in [6.45, 7) is 4.41. The van der Waals surface area contributed by atoms with Gasteiger partial charge in [-0.1, -0.05) is 12.5 Å². The second-order valence-corrected chi connectivity index (χ2v) is 10.9. The van der Waals surface area contributed by atoms with Gasteiger partial charge in [0, 0.05) is 22.0 Å². The number of nitrogens with one attached hydrogen (secondary N) is 1. The zero-order chi connectivity index (χ0) is 29.9. The summed E-state index contributed by atoms with van der Waals surface area (Å²) < 4.78 is 99.5. The molecule has 2 aliphatic rings. The molecule has 5 rings (SSSR count). The molecule has 1 amide bonds. The SMILES string of the molecule is C=C(C)C#Cc1ccc(Br)c(C(Cc2cc(F)cc(F)c2)NC(=O)Cn2nc(C(F)(F)F)c3c2C(F)(F)[C@@H]2C[C@H]32)n1. The number of hydrogen-bond acceptors (Lipinski definition) is 3. The molecule has 3 aromatic rings. The number of carbonyl (C=O) groups excluding carboxylic acids is 1. The van der Waals surface area contributed by atoms with Gasteiger partial charge in [0.1, 0.15) is 29.6 Å². The summed E-state index contributed by atoms with van der Waals surface area (Å²) in [6.07, 6.45) is -5.27. The molecule has 0 saturated heterocycles. The van der Waals surface area contributed by atoms with E-state index in [9.17, 15) is 35.5 Å². The van der Waals surface area contributed by atoms with Crippen molar-refractivity contribution < 1.29 is 35.5 Å². The van der Waals surface area contributed by atoms with E-state index in [2.05, 4.69) is 49.7 Å². The lowest BCUT2D eigenvalue weighted by Crippen LogP contribution is -2.35. The molecule has 5 nitrogen and oxygen atoms in total. The van der Waals surface area contributed by atoms with Crippen LogP contribution < -0.4 is 5.32 Å². The minimum Gasteiger partial charge on any atom is -0.346 e. The highest BCUT2D eigenvalue weighted by molar-refractivity contribution is 9.10. The first-order valence-corrected chi connectivity index (χ1v) is 13.1. The quantitative estimate of drug-likeness (QED) is 0.245. The Bertz CT molecular complexity index is 1620. The van der Waals surface area contributed by atoms with Crippen LogP contribution in [0.5, 0.6) is 0 Å². The molecule has 3 atom stereocenters. The molecular weight excluding hydrogens is 621 g/mol. The summed E-state index contributed by atoms with van der Waals surface area (Å²) in [7, 11) is 0. The Morgan fingerprint density at radius 3 is 2.56 bits per heavy atom. The smallest absolute Gasteiger partial charge is 0.346 e. The van der Waals surface area contributed by atoms with Gasteiger partial charge in [0.2, 0.25) is 5.91 Å². The first-order valence-electron chi connectivity index (χ1n) is 12.3. The summed E-state index contributed by atoms with van der Waals surface area (Å²) in [5.41, 5.74) is -1.77. The maximum atomic E-state index is 14.9. The molecule has 0 radical (unpaired) electrons. The first kappa shape index (κ1) is 28.9. The number of fused-ring (bicyclic) bond motifs is 3. The van der Waals surface area contributed by atoms with Gasteiger partial charge in [0.25, 0.3) is 5.92 Å². The molecule has 0 bridgehead atoms. The van der Waals surface area contributed by atoms with Gasteiger partial charge in [0.15, 0.2) is 5.69 Å². The van der Waals surface area contributed by atoms with Crippen molar-refractivity contribution in [1.29, 1.82) is 0 Å². The van der Waals surface area contributed by atoms with Crippen LogP contribution >= 0.6 is 15.9 Å². The fourth-order valence-electron chi connectivity index (χ4n) is 5.09. The highest BCUT2D eigenvalue weighted by Gasteiger charge is 2.68. The molecule has 1 saturated carbocycles. The van der Waals surface area contributed by atoms with Crippen molar-refractivity contribution >= 4 is 21.8 Å². The monoisotopic (exact) mass is 640 g/mol. The van der Waals surface area contributed by atoms with E-state index in [1.165, 1.54) is 0 Å². The third kappa shape index (κ3) is 5.75. The van der Waals surface area contributed by atoms with Crippen LogP contribution in [0, 0.1) is 29.4 Å². The molecular formula is C28H20BrF7N4O. The Hall–Kier alpha value is -3.66. The van der Waals surface area contributed by atoms with E-state index in [0.29, 0.717) is 20.8 Å². The number of carbonyl (C=O) groups is 1. The molecule has 2 heterocycles. The molecule has 2 aromatic heterocycles. The van der Waals surface area contributed by atoms with Crippen LogP contribution in [0.1, 0.15) is 59.2 Å². The standard InChI is InChI=1S/C28H20BrF7N4O/c1-13(2)3-4-17-5-6-20(29)24(37-17)21(9-14-7-15(30)10-16(31)8-14)38-22(41)12-40-26-23(25(39-40)28(34,35)36)18-11-19(18)27(26,32)33/h5-8,10,18-19,21H,1,9,11-12H2,2H3,(H,38,41)/t18-,19+,21?/m0/s1. The van der Waals surface area contributed by atoms with Crippen molar-refractivity contribution in [2.45, 2.75) is 50.4 Å². The van der Waals surface area contributed by atoms with E-state index in [0.717, 1.165) is 12.1 Å². The lowest BCUT2D eigenvalue weighted by atomic mass is 10.0. The molecule has 1 aromatic carbocycles. The van der Waals surface area contributed by atoms with Crippen LogP contribution in [0.2, 0.25) is 0 Å². The van der Waals surface area contributed by atoms with E-state index in [-0.39, 0.29) is 29.8 Å². The summed E-state index contributed by atoms with van der Waals surface area (Å²) in [5, 5.41) is 5.94. The number of amides is 1. The van der Waals surface area contributed by atoms with E-state index >= 15 is 0 Å². The third-order valence-electron chi connectivity index (χ3n) is 6.80. The highest BCUT2D eigenvalue weighted by atomic mass is 79.9. The van der Waals surface area contributed by atoms with Crippen molar-refractivity contribution in [3.05, 3.63) is 92.5 Å². The number of allylic oxidation sites excluding steroid dienone is 1. The number of benzene rings is 1. The van der Waals surface area contributed by atoms with E-state index in [1.807, 2.05) is 0 Å². The second-order valence-electron chi connectivity index (χ2n) is 10.0. The summed E-state index contributed by atoms with van der Waals surface area (Å²) >= 11 is 3.33. The predicted molar refractivity (Wildman–Crippen MR) is 137 cm³/mol. The molecule has 0 aliphatic heterocycles. The Balaban J connectivity index is 1.49. The first-order chi connectivity index (χ1) is 19.1. The minimum atomic E-state index is -4.98. The van der Waals surface area contributed by atoms with Gasteiger partial charge in [0.05, 0.1) is 11.7 Å².